The van der Waals surface area contributed by atoms with E-state index in [9.17, 15) is 0 Å². The summed E-state index contributed by atoms with van der Waals surface area (Å²) in [7, 11) is 0. The maximum atomic E-state index is 5.65. The highest BCUT2D eigenvalue weighted by Gasteiger charge is 2.07. The Bertz CT molecular complexity index is 272. The fraction of sp³-hybridized carbons (Fsp3) is 0.667. The van der Waals surface area contributed by atoms with E-state index < -0.39 is 0 Å². The Morgan fingerprint density at radius 2 is 2.07 bits per heavy atom. The van der Waals surface area contributed by atoms with Crippen molar-refractivity contribution in [2.24, 2.45) is 5.73 Å². The van der Waals surface area contributed by atoms with Crippen molar-refractivity contribution in [3.63, 3.8) is 0 Å². The van der Waals surface area contributed by atoms with Crippen molar-refractivity contribution in [1.82, 2.24) is 0 Å². The minimum absolute atomic E-state index is 0.671. The summed E-state index contributed by atoms with van der Waals surface area (Å²) < 4.78 is 5.65. The van der Waals surface area contributed by atoms with Crippen molar-refractivity contribution >= 4 is 11.8 Å². The van der Waals surface area contributed by atoms with E-state index in [4.69, 9.17) is 10.2 Å². The van der Waals surface area contributed by atoms with E-state index in [2.05, 4.69) is 26.0 Å². The first kappa shape index (κ1) is 12.7. The molecule has 1 aromatic rings. The third-order valence-corrected chi connectivity index (χ3v) is 3.96. The second-order valence-corrected chi connectivity index (χ2v) is 4.93. The molecule has 0 saturated carbocycles. The van der Waals surface area contributed by atoms with E-state index in [1.54, 1.807) is 0 Å². The zero-order chi connectivity index (χ0) is 11.1. The second kappa shape index (κ2) is 6.96. The number of hydrogen-bond acceptors (Lipinski definition) is 3. The average molecular weight is 227 g/mol. The molecular weight excluding hydrogens is 206 g/mol. The van der Waals surface area contributed by atoms with Gasteiger partial charge in [0.2, 0.25) is 0 Å². The largest absolute Gasteiger partial charge is 0.465 e. The topological polar surface area (TPSA) is 39.2 Å². The molecule has 86 valence electrons. The fourth-order valence-corrected chi connectivity index (χ4v) is 2.57. The van der Waals surface area contributed by atoms with Gasteiger partial charge in [0.25, 0.3) is 0 Å². The lowest BCUT2D eigenvalue weighted by Crippen LogP contribution is -2.09. The summed E-state index contributed by atoms with van der Waals surface area (Å²) in [5.41, 5.74) is 5.56. The highest BCUT2D eigenvalue weighted by atomic mass is 32.2. The molecule has 1 atom stereocenters. The minimum atomic E-state index is 0.671. The van der Waals surface area contributed by atoms with E-state index in [0.717, 1.165) is 36.7 Å². The van der Waals surface area contributed by atoms with Gasteiger partial charge in [-0.3, -0.25) is 0 Å². The first-order valence-corrected chi connectivity index (χ1v) is 6.74. The Morgan fingerprint density at radius 3 is 2.60 bits per heavy atom. The lowest BCUT2D eigenvalue weighted by atomic mass is 10.2. The fourth-order valence-electron chi connectivity index (χ4n) is 1.48. The monoisotopic (exact) mass is 227 g/mol. The lowest BCUT2D eigenvalue weighted by molar-refractivity contribution is 0.485. The van der Waals surface area contributed by atoms with E-state index in [0.29, 0.717) is 5.25 Å². The molecule has 0 radical (unpaired) electrons. The Balaban J connectivity index is 2.34. The van der Waals surface area contributed by atoms with Crippen LogP contribution in [-0.4, -0.2) is 11.8 Å². The SMILES string of the molecule is CCc1ccc(CSC(CC)CCN)o1. The van der Waals surface area contributed by atoms with Crippen LogP contribution in [0, 0.1) is 0 Å². The van der Waals surface area contributed by atoms with Crippen LogP contribution in [0.1, 0.15) is 38.2 Å². The van der Waals surface area contributed by atoms with Crippen LogP contribution < -0.4 is 5.73 Å². The van der Waals surface area contributed by atoms with Crippen molar-refractivity contribution in [3.05, 3.63) is 23.7 Å². The standard InChI is InChI=1S/C12H21NOS/c1-3-10-5-6-11(14-10)9-15-12(4-2)7-8-13/h5-6,12H,3-4,7-9,13H2,1-2H3. The maximum Gasteiger partial charge on any atom is 0.114 e. The molecule has 0 amide bonds. The molecule has 0 saturated heterocycles. The highest BCUT2D eigenvalue weighted by Crippen LogP contribution is 2.23. The van der Waals surface area contributed by atoms with Gasteiger partial charge in [-0.1, -0.05) is 13.8 Å². The molecule has 0 spiro atoms. The van der Waals surface area contributed by atoms with E-state index in [1.807, 2.05) is 11.8 Å². The molecular formula is C12H21NOS. The van der Waals surface area contributed by atoms with Gasteiger partial charge in [-0.2, -0.15) is 11.8 Å². The number of nitrogens with two attached hydrogens (primary N) is 1. The van der Waals surface area contributed by atoms with Gasteiger partial charge in [0.05, 0.1) is 5.75 Å². The van der Waals surface area contributed by atoms with Crippen LogP contribution in [0.5, 0.6) is 0 Å². The van der Waals surface area contributed by atoms with E-state index in [-0.39, 0.29) is 0 Å². The normalized spacial score (nSPS) is 13.0. The number of hydrogen-bond donors (Lipinski definition) is 1. The van der Waals surface area contributed by atoms with Gasteiger partial charge in [0.15, 0.2) is 0 Å². The van der Waals surface area contributed by atoms with Crippen LogP contribution in [0.4, 0.5) is 0 Å². The summed E-state index contributed by atoms with van der Waals surface area (Å²) in [6, 6.07) is 4.15. The first-order chi connectivity index (χ1) is 7.30. The van der Waals surface area contributed by atoms with Crippen LogP contribution in [0.3, 0.4) is 0 Å². The van der Waals surface area contributed by atoms with Gasteiger partial charge in [-0.25, -0.2) is 0 Å². The van der Waals surface area contributed by atoms with E-state index in [1.165, 1.54) is 6.42 Å². The third-order valence-electron chi connectivity index (χ3n) is 2.47. The average Bonchev–Trinajstić information content (AvgIpc) is 2.72. The quantitative estimate of drug-likeness (QED) is 0.777. The van der Waals surface area contributed by atoms with Gasteiger partial charge >= 0.3 is 0 Å². The molecule has 0 fully saturated rings. The zero-order valence-electron chi connectivity index (χ0n) is 9.66. The molecule has 0 bridgehead atoms. The number of furan rings is 1. The van der Waals surface area contributed by atoms with Crippen LogP contribution in [0.15, 0.2) is 16.5 Å². The number of aryl methyl sites for hydroxylation is 1. The molecule has 3 heteroatoms. The van der Waals surface area contributed by atoms with Crippen molar-refractivity contribution in [3.8, 4) is 0 Å². The van der Waals surface area contributed by atoms with E-state index >= 15 is 0 Å². The van der Waals surface area contributed by atoms with Gasteiger partial charge in [-0.15, -0.1) is 0 Å². The molecule has 0 aromatic carbocycles. The summed E-state index contributed by atoms with van der Waals surface area (Å²) in [5.74, 6) is 3.14. The molecule has 0 aliphatic carbocycles. The molecule has 1 unspecified atom stereocenters. The van der Waals surface area contributed by atoms with Gasteiger partial charge in [-0.05, 0) is 31.5 Å². The summed E-state index contributed by atoms with van der Waals surface area (Å²) in [4.78, 5) is 0. The molecule has 1 rings (SSSR count). The van der Waals surface area contributed by atoms with Crippen LogP contribution >= 0.6 is 11.8 Å². The van der Waals surface area contributed by atoms with Crippen LogP contribution in [0.25, 0.3) is 0 Å². The summed E-state index contributed by atoms with van der Waals surface area (Å²) in [6.07, 6.45) is 3.26. The number of thioether (sulfide) groups is 1. The molecule has 2 nitrogen and oxygen atoms in total. The highest BCUT2D eigenvalue weighted by molar-refractivity contribution is 7.99. The predicted molar refractivity (Wildman–Crippen MR) is 67.1 cm³/mol. The van der Waals surface area contributed by atoms with Crippen LogP contribution in [-0.2, 0) is 12.2 Å². The Kier molecular flexibility index (Phi) is 5.88. The van der Waals surface area contributed by atoms with Crippen molar-refractivity contribution in [1.29, 1.82) is 0 Å². The summed E-state index contributed by atoms with van der Waals surface area (Å²) in [5, 5.41) is 0.671. The second-order valence-electron chi connectivity index (χ2n) is 3.64. The molecule has 15 heavy (non-hydrogen) atoms. The van der Waals surface area contributed by atoms with Gasteiger partial charge < -0.3 is 10.2 Å². The molecule has 0 aliphatic heterocycles. The van der Waals surface area contributed by atoms with Gasteiger partial charge in [0.1, 0.15) is 11.5 Å². The Labute approximate surface area is 96.6 Å². The summed E-state index contributed by atoms with van der Waals surface area (Å²) >= 11 is 1.95. The molecule has 0 aliphatic rings. The molecule has 1 heterocycles. The lowest BCUT2D eigenvalue weighted by Gasteiger charge is -2.11. The minimum Gasteiger partial charge on any atom is -0.465 e. The first-order valence-electron chi connectivity index (χ1n) is 5.69. The van der Waals surface area contributed by atoms with Crippen molar-refractivity contribution in [2.45, 2.75) is 44.1 Å². The van der Waals surface area contributed by atoms with Gasteiger partial charge in [0, 0.05) is 11.7 Å². The predicted octanol–water partition coefficient (Wildman–Crippen LogP) is 3.20. The summed E-state index contributed by atoms with van der Waals surface area (Å²) in [6.45, 7) is 5.11. The van der Waals surface area contributed by atoms with Crippen LogP contribution in [0.2, 0.25) is 0 Å². The Morgan fingerprint density at radius 1 is 1.33 bits per heavy atom. The smallest absolute Gasteiger partial charge is 0.114 e. The third kappa shape index (κ3) is 4.31. The number of rotatable bonds is 7. The molecule has 1 aromatic heterocycles. The van der Waals surface area contributed by atoms with Crippen molar-refractivity contribution < 1.29 is 4.42 Å². The van der Waals surface area contributed by atoms with Crippen molar-refractivity contribution in [2.75, 3.05) is 6.54 Å². The maximum absolute atomic E-state index is 5.65. The molecule has 2 N–H and O–H groups in total. The Hall–Kier alpha value is -0.410. The zero-order valence-corrected chi connectivity index (χ0v) is 10.5.